The van der Waals surface area contributed by atoms with E-state index in [0.29, 0.717) is 36.7 Å². The minimum absolute atomic E-state index is 0. The monoisotopic (exact) mass is 404 g/mol. The number of carbonyl (C=O) groups excluding carboxylic acids is 2. The summed E-state index contributed by atoms with van der Waals surface area (Å²) in [5, 5.41) is 5.92. The molecule has 0 aliphatic carbocycles. The van der Waals surface area contributed by atoms with Gasteiger partial charge in [-0.05, 0) is 37.5 Å². The minimum Gasteiger partial charge on any atom is -0.372 e. The molecule has 1 heterocycles. The van der Waals surface area contributed by atoms with E-state index in [2.05, 4.69) is 24.5 Å². The highest BCUT2D eigenvalue weighted by Crippen LogP contribution is 2.29. The number of nitrogens with two attached hydrogens (primary N) is 1. The second-order valence-electron chi connectivity index (χ2n) is 7.27. The third-order valence-electron chi connectivity index (χ3n) is 4.34. The van der Waals surface area contributed by atoms with Gasteiger partial charge in [0, 0.05) is 37.7 Å². The van der Waals surface area contributed by atoms with Gasteiger partial charge in [-0.25, -0.2) is 0 Å². The second kappa shape index (κ2) is 10.00. The fourth-order valence-corrected chi connectivity index (χ4v) is 3.15. The van der Waals surface area contributed by atoms with E-state index >= 15 is 0 Å². The number of halogens is 2. The van der Waals surface area contributed by atoms with Crippen LogP contribution < -0.4 is 21.3 Å². The van der Waals surface area contributed by atoms with Crippen molar-refractivity contribution in [2.75, 3.05) is 30.4 Å². The van der Waals surface area contributed by atoms with Crippen molar-refractivity contribution in [3.8, 4) is 0 Å². The van der Waals surface area contributed by atoms with Crippen LogP contribution in [-0.4, -0.2) is 37.5 Å². The van der Waals surface area contributed by atoms with Crippen molar-refractivity contribution in [3.63, 3.8) is 0 Å². The number of carbonyl (C=O) groups is 2. The van der Waals surface area contributed by atoms with Crippen molar-refractivity contribution in [3.05, 3.63) is 23.8 Å². The van der Waals surface area contributed by atoms with Crippen molar-refractivity contribution in [1.82, 2.24) is 5.32 Å². The molecule has 1 aliphatic rings. The van der Waals surface area contributed by atoms with Crippen LogP contribution in [0.2, 0.25) is 0 Å². The van der Waals surface area contributed by atoms with Crippen LogP contribution in [0, 0.1) is 5.92 Å². The zero-order valence-corrected chi connectivity index (χ0v) is 17.4. The Morgan fingerprint density at radius 1 is 1.38 bits per heavy atom. The Labute approximate surface area is 168 Å². The predicted molar refractivity (Wildman–Crippen MR) is 112 cm³/mol. The number of rotatable bonds is 5. The number of amides is 2. The van der Waals surface area contributed by atoms with Crippen LogP contribution in [0.4, 0.5) is 11.4 Å². The number of fused-ring (bicyclic) bond motifs is 1. The largest absolute Gasteiger partial charge is 0.372 e. The van der Waals surface area contributed by atoms with Gasteiger partial charge >= 0.3 is 0 Å². The summed E-state index contributed by atoms with van der Waals surface area (Å²) in [6.45, 7) is 7.21. The molecule has 148 valence electrons. The average Bonchev–Trinajstić information content (AvgIpc) is 2.65. The molecule has 6 nitrogen and oxygen atoms in total. The summed E-state index contributed by atoms with van der Waals surface area (Å²) >= 11 is 0. The molecule has 1 aliphatic heterocycles. The lowest BCUT2D eigenvalue weighted by Crippen LogP contribution is -2.52. The van der Waals surface area contributed by atoms with Gasteiger partial charge in [-0.15, -0.1) is 24.8 Å². The molecule has 8 heteroatoms. The van der Waals surface area contributed by atoms with E-state index < -0.39 is 5.54 Å². The zero-order valence-electron chi connectivity index (χ0n) is 15.8. The third-order valence-corrected chi connectivity index (χ3v) is 4.34. The predicted octanol–water partition coefficient (Wildman–Crippen LogP) is 2.80. The Bertz CT molecular complexity index is 640. The lowest BCUT2D eigenvalue weighted by molar-refractivity contribution is -0.115. The van der Waals surface area contributed by atoms with E-state index in [4.69, 9.17) is 5.73 Å². The first-order valence-corrected chi connectivity index (χ1v) is 8.42. The Morgan fingerprint density at radius 3 is 2.62 bits per heavy atom. The fraction of sp³-hybridized carbons (Fsp3) is 0.556. The maximum atomic E-state index is 12.6. The van der Waals surface area contributed by atoms with Crippen LogP contribution in [0.15, 0.2) is 18.2 Å². The van der Waals surface area contributed by atoms with Gasteiger partial charge in [0.2, 0.25) is 5.91 Å². The summed E-state index contributed by atoms with van der Waals surface area (Å²) < 4.78 is 0. The van der Waals surface area contributed by atoms with E-state index in [1.165, 1.54) is 0 Å². The normalized spacial score (nSPS) is 15.6. The fourth-order valence-electron chi connectivity index (χ4n) is 3.15. The summed E-state index contributed by atoms with van der Waals surface area (Å²) in [5.74, 6) is 0.219. The number of anilines is 2. The molecule has 26 heavy (non-hydrogen) atoms. The highest BCUT2D eigenvalue weighted by Gasteiger charge is 2.27. The average molecular weight is 405 g/mol. The first-order valence-electron chi connectivity index (χ1n) is 8.42. The van der Waals surface area contributed by atoms with Crippen LogP contribution >= 0.6 is 24.8 Å². The van der Waals surface area contributed by atoms with Crippen LogP contribution in [0.25, 0.3) is 0 Å². The highest BCUT2D eigenvalue weighted by atomic mass is 35.5. The first-order chi connectivity index (χ1) is 11.2. The van der Waals surface area contributed by atoms with E-state index in [1.807, 2.05) is 24.9 Å². The van der Waals surface area contributed by atoms with Gasteiger partial charge in [-0.1, -0.05) is 13.8 Å². The number of nitrogens with zero attached hydrogens (tertiary/aromatic N) is 1. The Kier molecular flexibility index (Phi) is 9.42. The Hall–Kier alpha value is -1.50. The molecule has 0 saturated carbocycles. The van der Waals surface area contributed by atoms with E-state index in [1.54, 1.807) is 12.1 Å². The summed E-state index contributed by atoms with van der Waals surface area (Å²) in [6, 6.07) is 5.39. The van der Waals surface area contributed by atoms with Crippen molar-refractivity contribution in [2.24, 2.45) is 11.7 Å². The molecule has 2 amide bonds. The molecule has 2 rings (SSSR count). The second-order valence-corrected chi connectivity index (χ2v) is 7.27. The van der Waals surface area contributed by atoms with Crippen molar-refractivity contribution >= 4 is 48.0 Å². The van der Waals surface area contributed by atoms with Gasteiger partial charge in [0.1, 0.15) is 0 Å². The molecule has 0 radical (unpaired) electrons. The van der Waals surface area contributed by atoms with Crippen molar-refractivity contribution in [2.45, 2.75) is 39.2 Å². The van der Waals surface area contributed by atoms with Gasteiger partial charge in [0.05, 0.1) is 11.4 Å². The molecule has 0 fully saturated rings. The number of nitrogens with one attached hydrogen (secondary N) is 2. The smallest absolute Gasteiger partial charge is 0.251 e. The summed E-state index contributed by atoms with van der Waals surface area (Å²) in [7, 11) is 1.94. The molecule has 4 N–H and O–H groups in total. The third kappa shape index (κ3) is 6.04. The molecule has 1 atom stereocenters. The molecule has 0 bridgehead atoms. The molecule has 0 saturated heterocycles. The maximum absolute atomic E-state index is 12.6. The Morgan fingerprint density at radius 2 is 2.04 bits per heavy atom. The summed E-state index contributed by atoms with van der Waals surface area (Å²) in [5.41, 5.74) is 7.54. The van der Waals surface area contributed by atoms with E-state index in [0.717, 1.165) is 12.1 Å². The van der Waals surface area contributed by atoms with E-state index in [9.17, 15) is 9.59 Å². The molecule has 0 aromatic heterocycles. The minimum atomic E-state index is -0.446. The molecular weight excluding hydrogens is 375 g/mol. The molecule has 1 aromatic rings. The lowest BCUT2D eigenvalue weighted by atomic mass is 9.90. The first kappa shape index (κ1) is 24.5. The van der Waals surface area contributed by atoms with Gasteiger partial charge in [-0.3, -0.25) is 9.59 Å². The van der Waals surface area contributed by atoms with Gasteiger partial charge < -0.3 is 21.3 Å². The van der Waals surface area contributed by atoms with Crippen LogP contribution in [0.3, 0.4) is 0 Å². The quantitative estimate of drug-likeness (QED) is 0.703. The maximum Gasteiger partial charge on any atom is 0.251 e. The molecule has 0 spiro atoms. The SMILES string of the molecule is CC(C)CC(C)(CN)NC(=O)c1ccc2c(c1)NC(=O)CCN2C.Cl.Cl. The van der Waals surface area contributed by atoms with Crippen molar-refractivity contribution < 1.29 is 9.59 Å². The standard InChI is InChI=1S/C18H28N4O2.2ClH/c1-12(2)10-18(3,11-19)21-17(24)13-5-6-15-14(9-13)20-16(23)7-8-22(15)4;;/h5-6,9,12H,7-8,10-11,19H2,1-4H3,(H,20,23)(H,21,24);2*1H. The molecule has 1 unspecified atom stereocenters. The van der Waals surface area contributed by atoms with Crippen LogP contribution in [0.1, 0.15) is 44.0 Å². The highest BCUT2D eigenvalue weighted by molar-refractivity contribution is 6.01. The lowest BCUT2D eigenvalue weighted by Gasteiger charge is -2.31. The van der Waals surface area contributed by atoms with Gasteiger partial charge in [0.15, 0.2) is 0 Å². The van der Waals surface area contributed by atoms with E-state index in [-0.39, 0.29) is 36.6 Å². The number of hydrogen-bond acceptors (Lipinski definition) is 4. The Balaban J connectivity index is 0.00000312. The number of hydrogen-bond donors (Lipinski definition) is 3. The van der Waals surface area contributed by atoms with Gasteiger partial charge in [0.25, 0.3) is 5.91 Å². The summed E-state index contributed by atoms with van der Waals surface area (Å²) in [4.78, 5) is 26.5. The van der Waals surface area contributed by atoms with Crippen molar-refractivity contribution in [1.29, 1.82) is 0 Å². The summed E-state index contributed by atoms with van der Waals surface area (Å²) in [6.07, 6.45) is 1.24. The topological polar surface area (TPSA) is 87.5 Å². The van der Waals surface area contributed by atoms with Gasteiger partial charge in [-0.2, -0.15) is 0 Å². The number of benzene rings is 1. The van der Waals surface area contributed by atoms with Crippen LogP contribution in [0.5, 0.6) is 0 Å². The molecular formula is C18H30Cl2N4O2. The van der Waals surface area contributed by atoms with Crippen LogP contribution in [-0.2, 0) is 4.79 Å². The molecule has 1 aromatic carbocycles. The zero-order chi connectivity index (χ0) is 17.9.